The Hall–Kier alpha value is -3.44. The summed E-state index contributed by atoms with van der Waals surface area (Å²) >= 11 is 0. The summed E-state index contributed by atoms with van der Waals surface area (Å²) in [4.78, 5) is 16.8. The number of benzene rings is 1. The minimum Gasteiger partial charge on any atom is -0.366 e. The van der Waals surface area contributed by atoms with Crippen LogP contribution in [0.25, 0.3) is 16.6 Å². The highest BCUT2D eigenvalue weighted by Gasteiger charge is 2.45. The molecule has 3 aromatic rings. The first-order valence-electron chi connectivity index (χ1n) is 12.5. The SMILES string of the molecule is N#C[C@H]1C[C@@H]1C(=O)N1CCN(c2ccnn3cc(-c4ccc([C@@]5(F)CCCNC5)cc4)cc23)CC1. The number of hydrogen-bond donors (Lipinski definition) is 1. The molecule has 1 amide bonds. The predicted molar refractivity (Wildman–Crippen MR) is 132 cm³/mol. The first kappa shape index (κ1) is 22.1. The maximum absolute atomic E-state index is 15.3. The summed E-state index contributed by atoms with van der Waals surface area (Å²) in [5, 5.41) is 16.7. The first-order chi connectivity index (χ1) is 17.1. The molecule has 7 nitrogen and oxygen atoms in total. The van der Waals surface area contributed by atoms with Crippen molar-refractivity contribution >= 4 is 17.1 Å². The van der Waals surface area contributed by atoms with Gasteiger partial charge in [0.25, 0.3) is 0 Å². The first-order valence-corrected chi connectivity index (χ1v) is 12.5. The number of nitrogens with one attached hydrogen (secondary N) is 1. The average Bonchev–Trinajstić information content (AvgIpc) is 3.57. The number of carbonyl (C=O) groups excluding carboxylic acids is 1. The Labute approximate surface area is 204 Å². The molecule has 1 aromatic carbocycles. The number of fused-ring (bicyclic) bond motifs is 1. The number of rotatable bonds is 4. The van der Waals surface area contributed by atoms with E-state index in [1.165, 1.54) is 0 Å². The van der Waals surface area contributed by atoms with Crippen LogP contribution < -0.4 is 10.2 Å². The number of amides is 1. The lowest BCUT2D eigenvalue weighted by Gasteiger charge is -2.36. The van der Waals surface area contributed by atoms with E-state index >= 15 is 4.39 Å². The second-order valence-electron chi connectivity index (χ2n) is 9.99. The molecule has 0 radical (unpaired) electrons. The number of nitriles is 1. The van der Waals surface area contributed by atoms with E-state index in [0.29, 0.717) is 32.5 Å². The Morgan fingerprint density at radius 3 is 2.63 bits per heavy atom. The van der Waals surface area contributed by atoms with Crippen molar-refractivity contribution in [1.29, 1.82) is 5.26 Å². The third kappa shape index (κ3) is 4.04. The number of carbonyl (C=O) groups is 1. The minimum atomic E-state index is -1.30. The Morgan fingerprint density at radius 2 is 1.94 bits per heavy atom. The van der Waals surface area contributed by atoms with Crippen LogP contribution in [0.1, 0.15) is 24.8 Å². The van der Waals surface area contributed by atoms with E-state index in [1.807, 2.05) is 45.9 Å². The number of nitrogens with zero attached hydrogens (tertiary/aromatic N) is 5. The summed E-state index contributed by atoms with van der Waals surface area (Å²) in [5.41, 5.74) is 3.61. The second kappa shape index (κ2) is 8.65. The molecule has 3 atom stereocenters. The standard InChI is InChI=1S/C27H29FN6O/c28-27(7-1-8-30-18-27)22-4-2-19(3-5-22)21-15-25-24(6-9-31-34(25)17-21)32-10-12-33(13-11-32)26(35)23-14-20(23)16-29/h2-6,9,15,17,20,23,30H,1,7-8,10-14,18H2/t20-,23+,27-/m1/s1. The van der Waals surface area contributed by atoms with Gasteiger partial charge in [-0.05, 0) is 49.1 Å². The van der Waals surface area contributed by atoms with Crippen LogP contribution in [0, 0.1) is 23.2 Å². The predicted octanol–water partition coefficient (Wildman–Crippen LogP) is 3.36. The van der Waals surface area contributed by atoms with Gasteiger partial charge in [-0.3, -0.25) is 4.79 Å². The molecule has 35 heavy (non-hydrogen) atoms. The van der Waals surface area contributed by atoms with E-state index in [0.717, 1.165) is 53.9 Å². The van der Waals surface area contributed by atoms with Crippen molar-refractivity contribution < 1.29 is 9.18 Å². The van der Waals surface area contributed by atoms with Gasteiger partial charge in [-0.1, -0.05) is 24.3 Å². The van der Waals surface area contributed by atoms with Gasteiger partial charge in [-0.15, -0.1) is 0 Å². The van der Waals surface area contributed by atoms with E-state index in [-0.39, 0.29) is 17.7 Å². The molecule has 2 aromatic heterocycles. The highest BCUT2D eigenvalue weighted by Crippen LogP contribution is 2.39. The summed E-state index contributed by atoms with van der Waals surface area (Å²) in [5.74, 6) is -0.0627. The van der Waals surface area contributed by atoms with Crippen molar-refractivity contribution in [3.63, 3.8) is 0 Å². The van der Waals surface area contributed by atoms with Crippen LogP contribution in [0.15, 0.2) is 48.8 Å². The van der Waals surface area contributed by atoms with Crippen LogP contribution in [-0.2, 0) is 10.5 Å². The molecule has 1 N–H and O–H groups in total. The summed E-state index contributed by atoms with van der Waals surface area (Å²) in [6.07, 6.45) is 5.92. The van der Waals surface area contributed by atoms with E-state index < -0.39 is 5.67 Å². The zero-order valence-electron chi connectivity index (χ0n) is 19.7. The molecule has 0 unspecified atom stereocenters. The van der Waals surface area contributed by atoms with Gasteiger partial charge in [-0.25, -0.2) is 8.91 Å². The van der Waals surface area contributed by atoms with Crippen molar-refractivity contribution in [2.45, 2.75) is 24.9 Å². The summed E-state index contributed by atoms with van der Waals surface area (Å²) < 4.78 is 17.2. The van der Waals surface area contributed by atoms with Crippen molar-refractivity contribution in [3.8, 4) is 17.2 Å². The molecule has 1 saturated carbocycles. The molecule has 2 aliphatic heterocycles. The van der Waals surface area contributed by atoms with Gasteiger partial charge in [0.1, 0.15) is 5.67 Å². The van der Waals surface area contributed by atoms with Crippen LogP contribution in [0.2, 0.25) is 0 Å². The summed E-state index contributed by atoms with van der Waals surface area (Å²) in [6, 6.07) is 14.2. The molecule has 180 valence electrons. The molecule has 0 spiro atoms. The molecule has 0 bridgehead atoms. The van der Waals surface area contributed by atoms with Gasteiger partial charge in [0.15, 0.2) is 0 Å². The van der Waals surface area contributed by atoms with E-state index in [4.69, 9.17) is 5.26 Å². The molecular weight excluding hydrogens is 443 g/mol. The second-order valence-corrected chi connectivity index (χ2v) is 9.99. The van der Waals surface area contributed by atoms with Crippen molar-refractivity contribution in [2.24, 2.45) is 11.8 Å². The van der Waals surface area contributed by atoms with Crippen LogP contribution in [-0.4, -0.2) is 59.7 Å². The lowest BCUT2D eigenvalue weighted by atomic mass is 9.87. The number of piperidine rings is 1. The highest BCUT2D eigenvalue weighted by atomic mass is 19.1. The third-order valence-electron chi connectivity index (χ3n) is 7.76. The van der Waals surface area contributed by atoms with Crippen molar-refractivity contribution in [3.05, 3.63) is 54.4 Å². The largest absolute Gasteiger partial charge is 0.366 e. The minimum absolute atomic E-state index is 0.0941. The maximum Gasteiger partial charge on any atom is 0.227 e. The van der Waals surface area contributed by atoms with Crippen LogP contribution in [0.4, 0.5) is 10.1 Å². The van der Waals surface area contributed by atoms with Crippen LogP contribution in [0.5, 0.6) is 0 Å². The quantitative estimate of drug-likeness (QED) is 0.630. The Balaban J connectivity index is 1.19. The molecule has 3 aliphatic rings. The van der Waals surface area contributed by atoms with Crippen LogP contribution >= 0.6 is 0 Å². The fourth-order valence-electron chi connectivity index (χ4n) is 5.51. The maximum atomic E-state index is 15.3. The van der Waals surface area contributed by atoms with E-state index in [9.17, 15) is 4.79 Å². The zero-order chi connectivity index (χ0) is 24.0. The van der Waals surface area contributed by atoms with E-state index in [1.54, 1.807) is 6.20 Å². The van der Waals surface area contributed by atoms with Gasteiger partial charge in [0.2, 0.25) is 5.91 Å². The number of anilines is 1. The van der Waals surface area contributed by atoms with E-state index in [2.05, 4.69) is 27.5 Å². The number of alkyl halides is 1. The highest BCUT2D eigenvalue weighted by molar-refractivity contribution is 5.83. The Bertz CT molecular complexity index is 1280. The summed E-state index contributed by atoms with van der Waals surface area (Å²) in [7, 11) is 0. The molecule has 3 fully saturated rings. The van der Waals surface area contributed by atoms with Crippen molar-refractivity contribution in [1.82, 2.24) is 19.8 Å². The Morgan fingerprint density at radius 1 is 1.14 bits per heavy atom. The molecule has 6 rings (SSSR count). The average molecular weight is 473 g/mol. The lowest BCUT2D eigenvalue weighted by molar-refractivity contribution is -0.133. The normalized spacial score (nSPS) is 26.5. The Kier molecular flexibility index (Phi) is 5.45. The fourth-order valence-corrected chi connectivity index (χ4v) is 5.51. The molecule has 4 heterocycles. The third-order valence-corrected chi connectivity index (χ3v) is 7.76. The monoisotopic (exact) mass is 472 g/mol. The number of piperazine rings is 1. The smallest absolute Gasteiger partial charge is 0.227 e. The van der Waals surface area contributed by atoms with Crippen LogP contribution in [0.3, 0.4) is 0 Å². The molecular formula is C27H29FN6O. The summed E-state index contributed by atoms with van der Waals surface area (Å²) in [6.45, 7) is 4.07. The number of halogens is 1. The zero-order valence-corrected chi connectivity index (χ0v) is 19.7. The van der Waals surface area contributed by atoms with Gasteiger partial charge in [0.05, 0.1) is 29.1 Å². The topological polar surface area (TPSA) is 76.7 Å². The molecule has 1 aliphatic carbocycles. The molecule has 8 heteroatoms. The number of aromatic nitrogens is 2. The van der Waals surface area contributed by atoms with Gasteiger partial charge in [0, 0.05) is 50.7 Å². The van der Waals surface area contributed by atoms with Gasteiger partial charge < -0.3 is 15.1 Å². The molecule has 2 saturated heterocycles. The fraction of sp³-hybridized carbons (Fsp3) is 0.444. The van der Waals surface area contributed by atoms with Gasteiger partial charge in [-0.2, -0.15) is 10.4 Å². The van der Waals surface area contributed by atoms with Crippen molar-refractivity contribution in [2.75, 3.05) is 44.2 Å². The number of hydrogen-bond acceptors (Lipinski definition) is 5. The van der Waals surface area contributed by atoms with Gasteiger partial charge >= 0.3 is 0 Å². The lowest BCUT2D eigenvalue weighted by Crippen LogP contribution is -2.49.